The Kier molecular flexibility index (Phi) is 7.91. The van der Waals surface area contributed by atoms with Gasteiger partial charge < -0.3 is 16.0 Å². The molecule has 0 spiro atoms. The van der Waals surface area contributed by atoms with E-state index < -0.39 is 40.8 Å². The number of fused-ring (bicyclic) bond motifs is 1. The first-order valence-electron chi connectivity index (χ1n) is 15.4. The third kappa shape index (κ3) is 5.52. The number of alkyl halides is 3. The second-order valence-electron chi connectivity index (χ2n) is 12.9. The number of hydrogen-bond donors (Lipinski definition) is 3. The molecule has 4 aliphatic rings. The van der Waals surface area contributed by atoms with E-state index in [4.69, 9.17) is 0 Å². The highest BCUT2D eigenvalue weighted by molar-refractivity contribution is 6.35. The molecular formula is C36H34F3N3O4. The van der Waals surface area contributed by atoms with Gasteiger partial charge in [0, 0.05) is 24.1 Å². The van der Waals surface area contributed by atoms with Gasteiger partial charge in [0.2, 0.25) is 0 Å². The van der Waals surface area contributed by atoms with Crippen LogP contribution in [0.5, 0.6) is 0 Å². The normalized spacial score (nSPS) is 23.5. The summed E-state index contributed by atoms with van der Waals surface area (Å²) in [6.07, 6.45) is -1.49. The average molecular weight is 630 g/mol. The zero-order chi connectivity index (χ0) is 32.7. The molecule has 3 N–H and O–H groups in total. The number of nitrogens with one attached hydrogen (secondary N) is 3. The van der Waals surface area contributed by atoms with E-state index in [9.17, 15) is 32.3 Å². The molecule has 4 aliphatic carbocycles. The van der Waals surface area contributed by atoms with Gasteiger partial charge in [-0.2, -0.15) is 13.2 Å². The summed E-state index contributed by atoms with van der Waals surface area (Å²) in [5, 5.41) is 9.79. The van der Waals surface area contributed by atoms with E-state index >= 15 is 0 Å². The number of carbonyl (C=O) groups excluding carboxylic acids is 4. The van der Waals surface area contributed by atoms with Crippen LogP contribution < -0.4 is 16.0 Å². The number of amides is 3. The number of carbonyl (C=O) groups is 4. The lowest BCUT2D eigenvalue weighted by Gasteiger charge is -2.75. The molecule has 46 heavy (non-hydrogen) atoms. The Hall–Kier alpha value is -4.65. The Bertz CT molecular complexity index is 1790. The van der Waals surface area contributed by atoms with E-state index in [1.807, 2.05) is 12.1 Å². The topological polar surface area (TPSA) is 104 Å². The first-order chi connectivity index (χ1) is 21.9. The maximum Gasteiger partial charge on any atom is 0.395 e. The van der Waals surface area contributed by atoms with E-state index in [0.29, 0.717) is 17.5 Å². The fourth-order valence-electron chi connectivity index (χ4n) is 7.36. The number of ketones is 1. The van der Waals surface area contributed by atoms with Crippen molar-refractivity contribution in [2.45, 2.75) is 69.1 Å². The SMILES string of the molecule is C[C@H]1C2(NC(=O)C#CCNC(=O)C(=O)NCc3ccccc3C(=O)CCC3(c4cccc5ccccc45)CC3)CC1(C(F)(F)F)C2. The maximum atomic E-state index is 13.3. The average Bonchev–Trinajstić information content (AvgIpc) is 3.82. The van der Waals surface area contributed by atoms with Crippen molar-refractivity contribution in [3.8, 4) is 11.8 Å². The quantitative estimate of drug-likeness (QED) is 0.174. The van der Waals surface area contributed by atoms with Crippen LogP contribution in [0.1, 0.15) is 66.9 Å². The van der Waals surface area contributed by atoms with Crippen molar-refractivity contribution < 1.29 is 32.3 Å². The Balaban J connectivity index is 0.967. The summed E-state index contributed by atoms with van der Waals surface area (Å²) in [4.78, 5) is 50.2. The first-order valence-corrected chi connectivity index (χ1v) is 15.4. The summed E-state index contributed by atoms with van der Waals surface area (Å²) in [6.45, 7) is 1.14. The van der Waals surface area contributed by atoms with Crippen molar-refractivity contribution in [1.82, 2.24) is 16.0 Å². The van der Waals surface area contributed by atoms with Crippen LogP contribution >= 0.6 is 0 Å². The molecule has 3 aromatic carbocycles. The smallest absolute Gasteiger partial charge is 0.344 e. The molecule has 0 aromatic heterocycles. The zero-order valence-electron chi connectivity index (χ0n) is 25.4. The van der Waals surface area contributed by atoms with Gasteiger partial charge in [0.05, 0.1) is 12.0 Å². The van der Waals surface area contributed by atoms with Crippen molar-refractivity contribution in [2.24, 2.45) is 11.3 Å². The van der Waals surface area contributed by atoms with E-state index in [2.05, 4.69) is 58.1 Å². The van der Waals surface area contributed by atoms with Gasteiger partial charge in [-0.05, 0) is 71.3 Å². The van der Waals surface area contributed by atoms with Crippen LogP contribution in [-0.4, -0.2) is 41.8 Å². The minimum Gasteiger partial charge on any atom is -0.344 e. The lowest BCUT2D eigenvalue weighted by molar-refractivity contribution is -0.371. The molecule has 3 amide bonds. The van der Waals surface area contributed by atoms with Crippen molar-refractivity contribution >= 4 is 34.3 Å². The fourth-order valence-corrected chi connectivity index (χ4v) is 7.36. The molecule has 238 valence electrons. The van der Waals surface area contributed by atoms with Crippen LogP contribution in [0.4, 0.5) is 13.2 Å². The Morgan fingerprint density at radius 2 is 1.57 bits per heavy atom. The second-order valence-corrected chi connectivity index (χ2v) is 12.9. The summed E-state index contributed by atoms with van der Waals surface area (Å²) >= 11 is 0. The number of benzene rings is 3. The van der Waals surface area contributed by atoms with Gasteiger partial charge in [-0.15, -0.1) is 0 Å². The lowest BCUT2D eigenvalue weighted by atomic mass is 9.33. The molecule has 0 unspecified atom stereocenters. The van der Waals surface area contributed by atoms with Crippen LogP contribution in [-0.2, 0) is 26.3 Å². The van der Waals surface area contributed by atoms with Gasteiger partial charge in [-0.1, -0.05) is 79.6 Å². The van der Waals surface area contributed by atoms with Crippen molar-refractivity contribution in [2.75, 3.05) is 6.54 Å². The maximum absolute atomic E-state index is 13.3. The molecular weight excluding hydrogens is 595 g/mol. The summed E-state index contributed by atoms with van der Waals surface area (Å²) in [7, 11) is 0. The van der Waals surface area contributed by atoms with Gasteiger partial charge in [-0.3, -0.25) is 19.2 Å². The van der Waals surface area contributed by atoms with Crippen LogP contribution in [0.25, 0.3) is 10.8 Å². The first kappa shape index (κ1) is 31.3. The van der Waals surface area contributed by atoms with E-state index in [0.717, 1.165) is 19.3 Å². The highest BCUT2D eigenvalue weighted by Gasteiger charge is 2.83. The Morgan fingerprint density at radius 1 is 0.891 bits per heavy atom. The van der Waals surface area contributed by atoms with Gasteiger partial charge >= 0.3 is 18.0 Å². The molecule has 0 saturated heterocycles. The molecule has 4 fully saturated rings. The third-order valence-corrected chi connectivity index (χ3v) is 10.4. The van der Waals surface area contributed by atoms with Crippen LogP contribution in [0.2, 0.25) is 0 Å². The van der Waals surface area contributed by atoms with Gasteiger partial charge in [-0.25, -0.2) is 0 Å². The van der Waals surface area contributed by atoms with Crippen molar-refractivity contribution in [1.29, 1.82) is 0 Å². The Morgan fingerprint density at radius 3 is 2.28 bits per heavy atom. The van der Waals surface area contributed by atoms with Crippen LogP contribution in [0, 0.1) is 23.2 Å². The molecule has 0 heterocycles. The summed E-state index contributed by atoms with van der Waals surface area (Å²) in [6, 6.07) is 21.6. The highest BCUT2D eigenvalue weighted by atomic mass is 19.4. The molecule has 2 bridgehead atoms. The number of halogens is 3. The highest BCUT2D eigenvalue weighted by Crippen LogP contribution is 2.76. The lowest BCUT2D eigenvalue weighted by Crippen LogP contribution is -2.84. The van der Waals surface area contributed by atoms with Crippen LogP contribution in [0.15, 0.2) is 66.7 Å². The third-order valence-electron chi connectivity index (χ3n) is 10.4. The largest absolute Gasteiger partial charge is 0.395 e. The molecule has 7 rings (SSSR count). The number of rotatable bonds is 9. The van der Waals surface area contributed by atoms with Crippen molar-refractivity contribution in [3.63, 3.8) is 0 Å². The molecule has 4 saturated carbocycles. The second kappa shape index (κ2) is 11.6. The zero-order valence-corrected chi connectivity index (χ0v) is 25.4. The number of hydrogen-bond acceptors (Lipinski definition) is 4. The monoisotopic (exact) mass is 629 g/mol. The minimum atomic E-state index is -4.30. The molecule has 7 nitrogen and oxygen atoms in total. The summed E-state index contributed by atoms with van der Waals surface area (Å²) in [5.41, 5.74) is -0.271. The van der Waals surface area contributed by atoms with Gasteiger partial charge in [0.1, 0.15) is 0 Å². The summed E-state index contributed by atoms with van der Waals surface area (Å²) in [5.74, 6) is 1.30. The van der Waals surface area contributed by atoms with Gasteiger partial charge in [0.25, 0.3) is 5.91 Å². The van der Waals surface area contributed by atoms with E-state index in [1.165, 1.54) is 23.3 Å². The van der Waals surface area contributed by atoms with Gasteiger partial charge in [0.15, 0.2) is 5.78 Å². The minimum absolute atomic E-state index is 0.0209. The fraction of sp³-hybridized carbons (Fsp3) is 0.389. The summed E-state index contributed by atoms with van der Waals surface area (Å²) < 4.78 is 39.6. The van der Waals surface area contributed by atoms with Crippen LogP contribution in [0.3, 0.4) is 0 Å². The molecule has 3 aromatic rings. The van der Waals surface area contributed by atoms with E-state index in [-0.39, 0.29) is 37.1 Å². The number of Topliss-reactive ketones (excluding diaryl/α,β-unsaturated/α-hetero) is 1. The Labute approximate surface area is 264 Å². The molecule has 0 radical (unpaired) electrons. The molecule has 0 aliphatic heterocycles. The predicted octanol–water partition coefficient (Wildman–Crippen LogP) is 5.12. The molecule has 1 atom stereocenters. The molecule has 10 heteroatoms. The standard InChI is InChI=1S/C36H34F3N3O4/c1-23-34(36(37,38)39)21-35(23,22-34)42-30(44)14-7-19-40-31(45)32(46)41-20-25-9-3-5-12-27(25)29(43)15-16-33(17-18-33)28-13-6-10-24-8-2-4-11-26(24)28/h2-6,8-13,23H,15-22H2,1H3,(H,40,45)(H,41,46)(H,42,44)/t23-,34?,35?/m1/s1. The predicted molar refractivity (Wildman–Crippen MR) is 165 cm³/mol. The van der Waals surface area contributed by atoms with Crippen molar-refractivity contribution in [3.05, 3.63) is 83.4 Å². The van der Waals surface area contributed by atoms with E-state index in [1.54, 1.807) is 24.3 Å².